The van der Waals surface area contributed by atoms with Crippen LogP contribution in [0, 0.1) is 5.92 Å². The molecule has 1 aromatic carbocycles. The third kappa shape index (κ3) is 2.37. The van der Waals surface area contributed by atoms with E-state index in [2.05, 4.69) is 10.3 Å². The topological polar surface area (TPSA) is 73.2 Å². The van der Waals surface area contributed by atoms with Crippen LogP contribution >= 0.6 is 0 Å². The molecule has 2 aliphatic rings. The maximum atomic E-state index is 12.7. The number of nitrogens with one attached hydrogen (secondary N) is 1. The molecule has 0 unspecified atom stereocenters. The lowest BCUT2D eigenvalue weighted by molar-refractivity contribution is -0.150. The summed E-state index contributed by atoms with van der Waals surface area (Å²) >= 11 is 0. The Morgan fingerprint density at radius 2 is 2.12 bits per heavy atom. The summed E-state index contributed by atoms with van der Waals surface area (Å²) in [4.78, 5) is 29.0. The quantitative estimate of drug-likeness (QED) is 0.876. The Balaban J connectivity index is 1.49. The van der Waals surface area contributed by atoms with E-state index in [4.69, 9.17) is 4.74 Å². The summed E-state index contributed by atoms with van der Waals surface area (Å²) in [6.45, 7) is 0.352. The van der Waals surface area contributed by atoms with Crippen molar-refractivity contribution in [2.24, 2.45) is 13.0 Å². The maximum absolute atomic E-state index is 12.7. The maximum Gasteiger partial charge on any atom is 0.307 e. The fourth-order valence-corrected chi connectivity index (χ4v) is 4.09. The van der Waals surface area contributed by atoms with E-state index in [9.17, 15) is 9.59 Å². The van der Waals surface area contributed by atoms with Crippen LogP contribution in [0.5, 0.6) is 0 Å². The lowest BCUT2D eigenvalue weighted by Crippen LogP contribution is -2.42. The van der Waals surface area contributed by atoms with E-state index in [-0.39, 0.29) is 24.2 Å². The van der Waals surface area contributed by atoms with Gasteiger partial charge in [-0.3, -0.25) is 9.59 Å². The number of fused-ring (bicyclic) bond motifs is 1. The van der Waals surface area contributed by atoms with E-state index >= 15 is 0 Å². The molecule has 1 saturated heterocycles. The number of imidazole rings is 1. The van der Waals surface area contributed by atoms with Crippen LogP contribution in [0.1, 0.15) is 37.9 Å². The van der Waals surface area contributed by atoms with Crippen molar-refractivity contribution in [1.82, 2.24) is 14.9 Å². The van der Waals surface area contributed by atoms with E-state index in [0.717, 1.165) is 42.5 Å². The summed E-state index contributed by atoms with van der Waals surface area (Å²) in [7, 11) is 1.94. The molecular formula is C18H21N3O3. The van der Waals surface area contributed by atoms with E-state index in [1.54, 1.807) is 0 Å². The standard InChI is InChI=1S/C18H21N3O3/c1-21-14-7-3-2-6-13(14)20-15(21)11-19-17(23)12-10-16(22)24-18(12)8-4-5-9-18/h2-3,6-7,12H,4-5,8-11H2,1H3,(H,19,23)/t12-/m1/s1. The Labute approximate surface area is 140 Å². The monoisotopic (exact) mass is 327 g/mol. The molecule has 1 aromatic heterocycles. The third-order valence-corrected chi connectivity index (χ3v) is 5.39. The van der Waals surface area contributed by atoms with Crippen LogP contribution in [0.4, 0.5) is 0 Å². The van der Waals surface area contributed by atoms with Gasteiger partial charge in [-0.25, -0.2) is 4.98 Å². The van der Waals surface area contributed by atoms with Crippen LogP contribution < -0.4 is 5.32 Å². The molecule has 1 aliphatic carbocycles. The van der Waals surface area contributed by atoms with Gasteiger partial charge >= 0.3 is 5.97 Å². The van der Waals surface area contributed by atoms with E-state index in [0.29, 0.717) is 6.54 Å². The van der Waals surface area contributed by atoms with Gasteiger partial charge in [0.15, 0.2) is 0 Å². The first kappa shape index (κ1) is 15.2. The van der Waals surface area contributed by atoms with Gasteiger partial charge in [-0.05, 0) is 37.8 Å². The Morgan fingerprint density at radius 3 is 2.88 bits per heavy atom. The minimum atomic E-state index is -0.562. The molecule has 126 valence electrons. The van der Waals surface area contributed by atoms with Crippen LogP contribution in [0.2, 0.25) is 0 Å². The summed E-state index contributed by atoms with van der Waals surface area (Å²) in [5.74, 6) is 0.0760. The van der Waals surface area contributed by atoms with Crippen LogP contribution in [-0.2, 0) is 27.9 Å². The molecule has 1 atom stereocenters. The normalized spacial score (nSPS) is 22.2. The minimum absolute atomic E-state index is 0.102. The van der Waals surface area contributed by atoms with Gasteiger partial charge < -0.3 is 14.6 Å². The van der Waals surface area contributed by atoms with Crippen molar-refractivity contribution in [3.8, 4) is 0 Å². The summed E-state index contributed by atoms with van der Waals surface area (Å²) in [5.41, 5.74) is 1.39. The zero-order valence-corrected chi connectivity index (χ0v) is 13.7. The number of hydrogen-bond donors (Lipinski definition) is 1. The fraction of sp³-hybridized carbons (Fsp3) is 0.500. The predicted molar refractivity (Wildman–Crippen MR) is 88.0 cm³/mol. The number of rotatable bonds is 3. The van der Waals surface area contributed by atoms with Gasteiger partial charge in [-0.2, -0.15) is 0 Å². The molecule has 0 bridgehead atoms. The molecule has 2 fully saturated rings. The van der Waals surface area contributed by atoms with Crippen LogP contribution in [-0.4, -0.2) is 27.0 Å². The third-order valence-electron chi connectivity index (χ3n) is 5.39. The number of ether oxygens (including phenoxy) is 1. The SMILES string of the molecule is Cn1c(CNC(=O)[C@H]2CC(=O)OC23CCCC3)nc2ccccc21. The van der Waals surface area contributed by atoms with Crippen molar-refractivity contribution >= 4 is 22.9 Å². The minimum Gasteiger partial charge on any atom is -0.458 e. The Bertz CT molecular complexity index is 805. The molecule has 1 aliphatic heterocycles. The molecule has 1 saturated carbocycles. The first-order valence-electron chi connectivity index (χ1n) is 8.49. The number of nitrogens with zero attached hydrogens (tertiary/aromatic N) is 2. The van der Waals surface area contributed by atoms with Crippen molar-refractivity contribution < 1.29 is 14.3 Å². The Morgan fingerprint density at radius 1 is 1.38 bits per heavy atom. The van der Waals surface area contributed by atoms with Crippen molar-refractivity contribution in [1.29, 1.82) is 0 Å². The highest BCUT2D eigenvalue weighted by atomic mass is 16.6. The largest absolute Gasteiger partial charge is 0.458 e. The molecule has 6 nitrogen and oxygen atoms in total. The molecule has 1 N–H and O–H groups in total. The molecule has 1 spiro atoms. The average Bonchev–Trinajstić information content (AvgIpc) is 3.25. The summed E-state index contributed by atoms with van der Waals surface area (Å²) in [6.07, 6.45) is 3.81. The zero-order chi connectivity index (χ0) is 16.7. The molecule has 2 heterocycles. The van der Waals surface area contributed by atoms with Crippen molar-refractivity contribution in [2.45, 2.75) is 44.2 Å². The number of carbonyl (C=O) groups excluding carboxylic acids is 2. The van der Waals surface area contributed by atoms with Gasteiger partial charge in [0.1, 0.15) is 11.4 Å². The average molecular weight is 327 g/mol. The zero-order valence-electron chi connectivity index (χ0n) is 13.7. The number of carbonyl (C=O) groups is 2. The van der Waals surface area contributed by atoms with Crippen LogP contribution in [0.15, 0.2) is 24.3 Å². The number of esters is 1. The van der Waals surface area contributed by atoms with Gasteiger partial charge in [0.05, 0.1) is 29.9 Å². The van der Waals surface area contributed by atoms with Crippen LogP contribution in [0.25, 0.3) is 11.0 Å². The van der Waals surface area contributed by atoms with Gasteiger partial charge in [0.25, 0.3) is 0 Å². The van der Waals surface area contributed by atoms with Crippen molar-refractivity contribution in [3.05, 3.63) is 30.1 Å². The lowest BCUT2D eigenvalue weighted by atomic mass is 9.85. The predicted octanol–water partition coefficient (Wildman–Crippen LogP) is 2.07. The highest BCUT2D eigenvalue weighted by Gasteiger charge is 2.53. The summed E-state index contributed by atoms with van der Waals surface area (Å²) in [6, 6.07) is 7.88. The number of para-hydroxylation sites is 2. The second kappa shape index (κ2) is 5.61. The van der Waals surface area contributed by atoms with Crippen LogP contribution in [0.3, 0.4) is 0 Å². The van der Waals surface area contributed by atoms with Gasteiger partial charge in [-0.15, -0.1) is 0 Å². The molecule has 6 heteroatoms. The number of benzene rings is 1. The molecule has 1 amide bonds. The highest BCUT2D eigenvalue weighted by Crippen LogP contribution is 2.45. The van der Waals surface area contributed by atoms with E-state index < -0.39 is 5.60 Å². The van der Waals surface area contributed by atoms with Gasteiger partial charge in [-0.1, -0.05) is 12.1 Å². The smallest absolute Gasteiger partial charge is 0.307 e. The molecule has 2 aromatic rings. The molecule has 0 radical (unpaired) electrons. The lowest BCUT2D eigenvalue weighted by Gasteiger charge is -2.27. The molecular weight excluding hydrogens is 306 g/mol. The van der Waals surface area contributed by atoms with E-state index in [1.165, 1.54) is 0 Å². The van der Waals surface area contributed by atoms with E-state index in [1.807, 2.05) is 35.9 Å². The van der Waals surface area contributed by atoms with Gasteiger partial charge in [0, 0.05) is 7.05 Å². The number of amides is 1. The second-order valence-electron chi connectivity index (χ2n) is 6.80. The first-order chi connectivity index (χ1) is 11.6. The summed E-state index contributed by atoms with van der Waals surface area (Å²) in [5, 5.41) is 2.96. The molecule has 4 rings (SSSR count). The number of hydrogen-bond acceptors (Lipinski definition) is 4. The first-order valence-corrected chi connectivity index (χ1v) is 8.49. The number of aryl methyl sites for hydroxylation is 1. The molecule has 24 heavy (non-hydrogen) atoms. The fourth-order valence-electron chi connectivity index (χ4n) is 4.09. The Kier molecular flexibility index (Phi) is 3.55. The van der Waals surface area contributed by atoms with Crippen molar-refractivity contribution in [3.63, 3.8) is 0 Å². The van der Waals surface area contributed by atoms with Gasteiger partial charge in [0.2, 0.25) is 5.91 Å². The summed E-state index contributed by atoms with van der Waals surface area (Å²) < 4.78 is 7.53. The Hall–Kier alpha value is -2.37. The van der Waals surface area contributed by atoms with Crippen molar-refractivity contribution in [2.75, 3.05) is 0 Å². The second-order valence-corrected chi connectivity index (χ2v) is 6.80. The highest BCUT2D eigenvalue weighted by molar-refractivity contribution is 5.88. The number of aromatic nitrogens is 2.